The van der Waals surface area contributed by atoms with Crippen molar-refractivity contribution in [1.29, 1.82) is 0 Å². The average molecular weight is 439 g/mol. The first kappa shape index (κ1) is 17.6. The quantitative estimate of drug-likeness (QED) is 0.342. The second kappa shape index (κ2) is 7.46. The molecule has 134 valence electrons. The molecule has 1 N–H and O–H groups in total. The van der Waals surface area contributed by atoms with E-state index >= 15 is 0 Å². The minimum atomic E-state index is 0.413. The molecule has 0 atom stereocenters. The Hall–Kier alpha value is -2.77. The maximum Gasteiger partial charge on any atom is 0.216 e. The minimum Gasteiger partial charge on any atom is -0.496 e. The van der Waals surface area contributed by atoms with Gasteiger partial charge in [-0.2, -0.15) is 14.9 Å². The first-order chi connectivity index (χ1) is 13.2. The highest BCUT2D eigenvalue weighted by Crippen LogP contribution is 2.28. The number of aromatic amines is 1. The van der Waals surface area contributed by atoms with Gasteiger partial charge in [-0.25, -0.2) is 5.10 Å². The van der Waals surface area contributed by atoms with E-state index in [9.17, 15) is 0 Å². The highest BCUT2D eigenvalue weighted by atomic mass is 79.9. The molecule has 0 amide bonds. The monoisotopic (exact) mass is 438 g/mol. The van der Waals surface area contributed by atoms with E-state index in [1.807, 2.05) is 54.6 Å². The molecule has 4 aromatic rings. The van der Waals surface area contributed by atoms with Gasteiger partial charge in [0.1, 0.15) is 5.75 Å². The molecule has 0 unspecified atom stereocenters. The van der Waals surface area contributed by atoms with Gasteiger partial charge in [0.25, 0.3) is 0 Å². The number of nitrogens with one attached hydrogen (secondary N) is 1. The smallest absolute Gasteiger partial charge is 0.216 e. The summed E-state index contributed by atoms with van der Waals surface area (Å²) in [5, 5.41) is 13.9. The van der Waals surface area contributed by atoms with Crippen molar-refractivity contribution in [2.24, 2.45) is 5.10 Å². The molecule has 3 aromatic carbocycles. The predicted octanol–water partition coefficient (Wildman–Crippen LogP) is 5.41. The van der Waals surface area contributed by atoms with E-state index in [0.29, 0.717) is 10.6 Å². The number of nitrogens with zero attached hydrogens (tertiary/aromatic N) is 3. The highest BCUT2D eigenvalue weighted by molar-refractivity contribution is 9.10. The van der Waals surface area contributed by atoms with Crippen molar-refractivity contribution in [2.45, 2.75) is 0 Å². The molecule has 4 rings (SSSR count). The van der Waals surface area contributed by atoms with Gasteiger partial charge in [-0.1, -0.05) is 58.4 Å². The number of H-pyrrole nitrogens is 1. The second-order valence-electron chi connectivity index (χ2n) is 5.79. The van der Waals surface area contributed by atoms with Gasteiger partial charge in [-0.05, 0) is 41.2 Å². The van der Waals surface area contributed by atoms with Crippen molar-refractivity contribution in [3.8, 4) is 17.1 Å². The first-order valence-corrected chi connectivity index (χ1v) is 9.41. The molecule has 0 radical (unpaired) electrons. The summed E-state index contributed by atoms with van der Waals surface area (Å²) in [6.07, 6.45) is 1.76. The predicted molar refractivity (Wildman–Crippen MR) is 114 cm³/mol. The molecule has 0 saturated heterocycles. The Morgan fingerprint density at radius 3 is 2.70 bits per heavy atom. The van der Waals surface area contributed by atoms with Crippen LogP contribution in [0.3, 0.4) is 0 Å². The standard InChI is InChI=1S/C20H15BrN4OS/c1-26-18-11-10-13-6-2-3-7-14(13)16(18)12-22-25-19(23-24-20(25)27)15-8-4-5-9-17(15)21/h2-12H,1H3,(H,24,27)/b22-12-. The summed E-state index contributed by atoms with van der Waals surface area (Å²) in [6.45, 7) is 0. The van der Waals surface area contributed by atoms with E-state index in [0.717, 1.165) is 32.1 Å². The molecule has 5 nitrogen and oxygen atoms in total. The number of hydrogen-bond acceptors (Lipinski definition) is 4. The normalized spacial score (nSPS) is 11.3. The third kappa shape index (κ3) is 3.31. The Kier molecular flexibility index (Phi) is 4.87. The van der Waals surface area contributed by atoms with Crippen LogP contribution < -0.4 is 4.74 Å². The van der Waals surface area contributed by atoms with Gasteiger partial charge < -0.3 is 4.74 Å². The van der Waals surface area contributed by atoms with Crippen LogP contribution in [0.2, 0.25) is 0 Å². The second-order valence-corrected chi connectivity index (χ2v) is 7.03. The molecule has 1 aromatic heterocycles. The van der Waals surface area contributed by atoms with E-state index in [2.05, 4.69) is 37.3 Å². The van der Waals surface area contributed by atoms with Gasteiger partial charge in [-0.15, -0.1) is 0 Å². The Morgan fingerprint density at radius 2 is 1.89 bits per heavy atom. The first-order valence-electron chi connectivity index (χ1n) is 8.21. The summed E-state index contributed by atoms with van der Waals surface area (Å²) in [4.78, 5) is 0. The minimum absolute atomic E-state index is 0.413. The summed E-state index contributed by atoms with van der Waals surface area (Å²) >= 11 is 8.93. The van der Waals surface area contributed by atoms with E-state index in [4.69, 9.17) is 17.0 Å². The summed E-state index contributed by atoms with van der Waals surface area (Å²) < 4.78 is 8.47. The van der Waals surface area contributed by atoms with Gasteiger partial charge in [0.05, 0.1) is 13.3 Å². The highest BCUT2D eigenvalue weighted by Gasteiger charge is 2.12. The van der Waals surface area contributed by atoms with Crippen molar-refractivity contribution in [3.05, 3.63) is 75.5 Å². The van der Waals surface area contributed by atoms with Gasteiger partial charge in [-0.3, -0.25) is 0 Å². The number of fused-ring (bicyclic) bond motifs is 1. The van der Waals surface area contributed by atoms with E-state index < -0.39 is 0 Å². The third-order valence-electron chi connectivity index (χ3n) is 4.22. The lowest BCUT2D eigenvalue weighted by molar-refractivity contribution is 0.415. The largest absolute Gasteiger partial charge is 0.496 e. The number of ether oxygens (including phenoxy) is 1. The van der Waals surface area contributed by atoms with Crippen LogP contribution in [0, 0.1) is 4.77 Å². The topological polar surface area (TPSA) is 55.2 Å². The van der Waals surface area contributed by atoms with Gasteiger partial charge >= 0.3 is 0 Å². The van der Waals surface area contributed by atoms with Crippen LogP contribution in [-0.4, -0.2) is 28.2 Å². The molecule has 0 aliphatic heterocycles. The zero-order chi connectivity index (χ0) is 18.8. The molecule has 27 heavy (non-hydrogen) atoms. The van der Waals surface area contributed by atoms with Gasteiger partial charge in [0, 0.05) is 15.6 Å². The SMILES string of the molecule is COc1ccc2ccccc2c1/C=N\n1c(-c2ccccc2Br)n[nH]c1=S. The fraction of sp³-hybridized carbons (Fsp3) is 0.0500. The van der Waals surface area contributed by atoms with Crippen LogP contribution in [-0.2, 0) is 0 Å². The molecule has 0 aliphatic rings. The molecule has 0 fully saturated rings. The molecule has 0 saturated carbocycles. The van der Waals surface area contributed by atoms with E-state index in [1.54, 1.807) is 18.0 Å². The van der Waals surface area contributed by atoms with Crippen LogP contribution in [0.5, 0.6) is 5.75 Å². The molecular weight excluding hydrogens is 424 g/mol. The summed E-state index contributed by atoms with van der Waals surface area (Å²) in [5.74, 6) is 1.37. The number of rotatable bonds is 4. The zero-order valence-corrected chi connectivity index (χ0v) is 16.8. The molecule has 1 heterocycles. The molecule has 0 bridgehead atoms. The summed E-state index contributed by atoms with van der Waals surface area (Å²) in [6, 6.07) is 19.9. The average Bonchev–Trinajstić information content (AvgIpc) is 3.06. The molecular formula is C20H15BrN4OS. The van der Waals surface area contributed by atoms with Crippen molar-refractivity contribution in [3.63, 3.8) is 0 Å². The fourth-order valence-corrected chi connectivity index (χ4v) is 3.56. The van der Waals surface area contributed by atoms with Crippen LogP contribution in [0.1, 0.15) is 5.56 Å². The Bertz CT molecular complexity index is 1210. The van der Waals surface area contributed by atoms with Crippen molar-refractivity contribution in [1.82, 2.24) is 14.9 Å². The Balaban J connectivity index is 1.86. The van der Waals surface area contributed by atoms with Crippen LogP contribution in [0.4, 0.5) is 0 Å². The fourth-order valence-electron chi connectivity index (χ4n) is 2.92. The lowest BCUT2D eigenvalue weighted by Crippen LogP contribution is -1.98. The number of halogens is 1. The van der Waals surface area contributed by atoms with Gasteiger partial charge in [0.15, 0.2) is 5.82 Å². The Morgan fingerprint density at radius 1 is 1.11 bits per heavy atom. The molecule has 0 spiro atoms. The molecule has 7 heteroatoms. The number of hydrogen-bond donors (Lipinski definition) is 1. The van der Waals surface area contributed by atoms with E-state index in [1.165, 1.54) is 0 Å². The van der Waals surface area contributed by atoms with Crippen molar-refractivity contribution < 1.29 is 4.74 Å². The summed E-state index contributed by atoms with van der Waals surface area (Å²) in [7, 11) is 1.65. The third-order valence-corrected chi connectivity index (χ3v) is 5.17. The maximum atomic E-state index is 5.53. The maximum absolute atomic E-state index is 5.53. The summed E-state index contributed by atoms with van der Waals surface area (Å²) in [5.41, 5.74) is 1.78. The van der Waals surface area contributed by atoms with E-state index in [-0.39, 0.29) is 0 Å². The number of benzene rings is 3. The molecule has 0 aliphatic carbocycles. The Labute approximate surface area is 169 Å². The van der Waals surface area contributed by atoms with Crippen LogP contribution in [0.15, 0.2) is 70.2 Å². The lowest BCUT2D eigenvalue weighted by atomic mass is 10.0. The van der Waals surface area contributed by atoms with Gasteiger partial charge in [0.2, 0.25) is 4.77 Å². The van der Waals surface area contributed by atoms with Crippen molar-refractivity contribution >= 4 is 45.1 Å². The van der Waals surface area contributed by atoms with Crippen molar-refractivity contribution in [2.75, 3.05) is 7.11 Å². The zero-order valence-electron chi connectivity index (χ0n) is 14.4. The van der Waals surface area contributed by atoms with Crippen LogP contribution >= 0.6 is 28.1 Å². The lowest BCUT2D eigenvalue weighted by Gasteiger charge is -2.08. The number of methoxy groups -OCH3 is 1. The number of aromatic nitrogens is 3. The van der Waals surface area contributed by atoms with Crippen LogP contribution in [0.25, 0.3) is 22.2 Å².